The second-order valence-corrected chi connectivity index (χ2v) is 13.0. The highest BCUT2D eigenvalue weighted by Crippen LogP contribution is 2.28. The molecule has 1 unspecified atom stereocenters. The Bertz CT molecular complexity index is 1370. The minimum Gasteiger partial charge on any atom is -0.446 e. The van der Waals surface area contributed by atoms with Crippen molar-refractivity contribution in [1.29, 1.82) is 0 Å². The lowest BCUT2D eigenvalue weighted by atomic mass is 10.0. The van der Waals surface area contributed by atoms with Crippen molar-refractivity contribution in [3.63, 3.8) is 0 Å². The van der Waals surface area contributed by atoms with E-state index in [0.29, 0.717) is 22.8 Å². The number of anilines is 1. The summed E-state index contributed by atoms with van der Waals surface area (Å²) < 4.78 is 5.74. The van der Waals surface area contributed by atoms with Crippen LogP contribution in [0.4, 0.5) is 10.5 Å². The molecule has 1 aromatic heterocycles. The second-order valence-electron chi connectivity index (χ2n) is 11.9. The van der Waals surface area contributed by atoms with E-state index in [9.17, 15) is 14.4 Å². The summed E-state index contributed by atoms with van der Waals surface area (Å²) in [7, 11) is 0. The zero-order valence-electron chi connectivity index (χ0n) is 27.0. The summed E-state index contributed by atoms with van der Waals surface area (Å²) in [5, 5.41) is 9.09. The van der Waals surface area contributed by atoms with E-state index in [2.05, 4.69) is 27.8 Å². The SMILES string of the molecule is CCCCCCC(N)CCNC(=O)c1ccc(C(=O)CNCCN2CCC(OC(=O)Nc3ccccc3-c3ccccc3)CC2)s1. The highest BCUT2D eigenvalue weighted by atomic mass is 32.1. The van der Waals surface area contributed by atoms with Gasteiger partial charge in [-0.15, -0.1) is 11.3 Å². The number of hydrogen-bond acceptors (Lipinski definition) is 8. The number of nitrogens with zero attached hydrogens (tertiary/aromatic N) is 1. The fraction of sp³-hybridized carbons (Fsp3) is 0.472. The molecule has 248 valence electrons. The van der Waals surface area contributed by atoms with Crippen molar-refractivity contribution in [3.05, 3.63) is 76.5 Å². The van der Waals surface area contributed by atoms with E-state index in [1.165, 1.54) is 30.6 Å². The molecule has 2 aromatic carbocycles. The van der Waals surface area contributed by atoms with Crippen LogP contribution in [0.25, 0.3) is 11.1 Å². The van der Waals surface area contributed by atoms with E-state index in [0.717, 1.165) is 68.6 Å². The van der Waals surface area contributed by atoms with Crippen LogP contribution in [0, 0.1) is 0 Å². The van der Waals surface area contributed by atoms with E-state index in [1.54, 1.807) is 12.1 Å². The summed E-state index contributed by atoms with van der Waals surface area (Å²) in [5.74, 6) is -0.179. The van der Waals surface area contributed by atoms with Gasteiger partial charge in [0.2, 0.25) is 0 Å². The number of para-hydroxylation sites is 1. The zero-order valence-corrected chi connectivity index (χ0v) is 27.8. The third kappa shape index (κ3) is 11.7. The molecule has 0 bridgehead atoms. The number of likely N-dealkylation sites (tertiary alicyclic amines) is 1. The lowest BCUT2D eigenvalue weighted by Gasteiger charge is -2.31. The van der Waals surface area contributed by atoms with Gasteiger partial charge in [0.25, 0.3) is 5.91 Å². The average molecular weight is 648 g/mol. The number of unbranched alkanes of at least 4 members (excludes halogenated alkanes) is 3. The van der Waals surface area contributed by atoms with Crippen LogP contribution in [0.15, 0.2) is 66.7 Å². The molecule has 5 N–H and O–H groups in total. The number of rotatable bonds is 18. The molecular weight excluding hydrogens is 598 g/mol. The lowest BCUT2D eigenvalue weighted by Crippen LogP contribution is -2.41. The first-order chi connectivity index (χ1) is 22.4. The molecule has 0 aliphatic carbocycles. The van der Waals surface area contributed by atoms with Gasteiger partial charge in [0.05, 0.1) is 22.0 Å². The third-order valence-corrected chi connectivity index (χ3v) is 9.41. The summed E-state index contributed by atoms with van der Waals surface area (Å²) in [6, 6.07) is 21.2. The summed E-state index contributed by atoms with van der Waals surface area (Å²) >= 11 is 1.23. The number of hydrogen-bond donors (Lipinski definition) is 4. The van der Waals surface area contributed by atoms with E-state index in [4.69, 9.17) is 10.5 Å². The first-order valence-electron chi connectivity index (χ1n) is 16.6. The van der Waals surface area contributed by atoms with Gasteiger partial charge in [-0.2, -0.15) is 0 Å². The number of benzene rings is 2. The summed E-state index contributed by atoms with van der Waals surface area (Å²) in [6.45, 7) is 6.07. The highest BCUT2D eigenvalue weighted by molar-refractivity contribution is 7.16. The standard InChI is InChI=1S/C36H49N5O4S/c1-2-3-4-8-13-28(37)18-21-39-35(43)34-17-16-33(46-34)32(42)26-38-22-25-41-23-19-29(20-24-41)45-36(44)40-31-15-10-9-14-30(31)27-11-6-5-7-12-27/h5-7,9-12,14-17,28-29,38H,2-4,8,13,18-26,37H2,1H3,(H,39,43)(H,40,44). The van der Waals surface area contributed by atoms with E-state index < -0.39 is 6.09 Å². The number of thiophene rings is 1. The number of amides is 2. The minimum absolute atomic E-state index is 0.0230. The molecule has 46 heavy (non-hydrogen) atoms. The van der Waals surface area contributed by atoms with E-state index >= 15 is 0 Å². The van der Waals surface area contributed by atoms with Gasteiger partial charge < -0.3 is 26.0 Å². The van der Waals surface area contributed by atoms with Gasteiger partial charge in [-0.05, 0) is 49.4 Å². The van der Waals surface area contributed by atoms with Crippen molar-refractivity contribution in [2.45, 2.75) is 70.4 Å². The number of nitrogens with two attached hydrogens (primary N) is 1. The fourth-order valence-electron chi connectivity index (χ4n) is 5.57. The average Bonchev–Trinajstić information content (AvgIpc) is 3.57. The van der Waals surface area contributed by atoms with Crippen molar-refractivity contribution in [3.8, 4) is 11.1 Å². The van der Waals surface area contributed by atoms with E-state index in [1.807, 2.05) is 54.6 Å². The Morgan fingerprint density at radius 3 is 2.43 bits per heavy atom. The van der Waals surface area contributed by atoms with Gasteiger partial charge in [0, 0.05) is 44.3 Å². The second kappa shape index (κ2) is 19.2. The number of carbonyl (C=O) groups is 3. The number of ether oxygens (including phenoxy) is 1. The maximum Gasteiger partial charge on any atom is 0.411 e. The summed E-state index contributed by atoms with van der Waals surface area (Å²) in [5.41, 5.74) is 8.88. The molecule has 0 spiro atoms. The maximum absolute atomic E-state index is 12.7. The summed E-state index contributed by atoms with van der Waals surface area (Å²) in [4.78, 5) is 41.3. The van der Waals surface area contributed by atoms with Crippen LogP contribution < -0.4 is 21.7 Å². The predicted octanol–water partition coefficient (Wildman–Crippen LogP) is 6.32. The van der Waals surface area contributed by atoms with E-state index in [-0.39, 0.29) is 30.4 Å². The fourth-order valence-corrected chi connectivity index (χ4v) is 6.43. The Morgan fingerprint density at radius 1 is 0.913 bits per heavy atom. The lowest BCUT2D eigenvalue weighted by molar-refractivity contribution is 0.0593. The molecule has 2 amide bonds. The Labute approximate surface area is 277 Å². The van der Waals surface area contributed by atoms with Crippen LogP contribution in [-0.2, 0) is 4.74 Å². The molecule has 9 nitrogen and oxygen atoms in total. The maximum atomic E-state index is 12.7. The van der Waals surface area contributed by atoms with Gasteiger partial charge in [0.1, 0.15) is 6.10 Å². The van der Waals surface area contributed by atoms with Crippen LogP contribution in [0.3, 0.4) is 0 Å². The van der Waals surface area contributed by atoms with Crippen LogP contribution >= 0.6 is 11.3 Å². The smallest absolute Gasteiger partial charge is 0.411 e. The van der Waals surface area contributed by atoms with Crippen LogP contribution in [0.1, 0.15) is 77.6 Å². The van der Waals surface area contributed by atoms with Crippen LogP contribution in [0.2, 0.25) is 0 Å². The largest absolute Gasteiger partial charge is 0.446 e. The normalized spacial score (nSPS) is 14.5. The van der Waals surface area contributed by atoms with Crippen molar-refractivity contribution < 1.29 is 19.1 Å². The Morgan fingerprint density at radius 2 is 1.65 bits per heavy atom. The quantitative estimate of drug-likeness (QED) is 0.0941. The van der Waals surface area contributed by atoms with Crippen LogP contribution in [-0.4, -0.2) is 74.1 Å². The highest BCUT2D eigenvalue weighted by Gasteiger charge is 2.23. The molecule has 1 saturated heterocycles. The predicted molar refractivity (Wildman–Crippen MR) is 187 cm³/mol. The molecule has 1 aliphatic heterocycles. The molecule has 4 rings (SSSR count). The Kier molecular flexibility index (Phi) is 14.7. The minimum atomic E-state index is -0.436. The number of nitrogens with one attached hydrogen (secondary N) is 3. The molecule has 10 heteroatoms. The molecule has 0 radical (unpaired) electrons. The first-order valence-corrected chi connectivity index (χ1v) is 17.5. The van der Waals surface area contributed by atoms with Gasteiger partial charge in [0.15, 0.2) is 5.78 Å². The zero-order chi connectivity index (χ0) is 32.6. The molecule has 1 fully saturated rings. The number of piperidine rings is 1. The van der Waals surface area contributed by atoms with Gasteiger partial charge >= 0.3 is 6.09 Å². The van der Waals surface area contributed by atoms with Gasteiger partial charge in [-0.25, -0.2) is 4.79 Å². The molecule has 3 aromatic rings. The Balaban J connectivity index is 1.08. The van der Waals surface area contributed by atoms with Crippen molar-refractivity contribution in [2.24, 2.45) is 5.73 Å². The molecular formula is C36H49N5O4S. The first kappa shape index (κ1) is 35.3. The third-order valence-electron chi connectivity index (χ3n) is 8.28. The molecule has 1 atom stereocenters. The van der Waals surface area contributed by atoms with Crippen molar-refractivity contribution >= 4 is 34.8 Å². The molecule has 0 saturated carbocycles. The monoisotopic (exact) mass is 647 g/mol. The summed E-state index contributed by atoms with van der Waals surface area (Å²) in [6.07, 6.45) is 7.48. The van der Waals surface area contributed by atoms with Crippen LogP contribution in [0.5, 0.6) is 0 Å². The van der Waals surface area contributed by atoms with Crippen molar-refractivity contribution in [2.75, 3.05) is 44.6 Å². The Hall–Kier alpha value is -3.57. The topological polar surface area (TPSA) is 126 Å². The number of Topliss-reactive ketones (excluding diaryl/α,β-unsaturated/α-hetero) is 1. The van der Waals surface area contributed by atoms with Gasteiger partial charge in [-0.3, -0.25) is 14.9 Å². The molecule has 2 heterocycles. The van der Waals surface area contributed by atoms with Crippen molar-refractivity contribution in [1.82, 2.24) is 15.5 Å². The number of ketones is 1. The number of carbonyl (C=O) groups excluding carboxylic acids is 3. The molecule has 1 aliphatic rings. The van der Waals surface area contributed by atoms with Gasteiger partial charge in [-0.1, -0.05) is 81.1 Å².